The van der Waals surface area contributed by atoms with Gasteiger partial charge in [0.1, 0.15) is 5.82 Å². The second-order valence-corrected chi connectivity index (χ2v) is 6.09. The zero-order valence-corrected chi connectivity index (χ0v) is 13.9. The van der Waals surface area contributed by atoms with Crippen molar-refractivity contribution in [3.8, 4) is 12.1 Å². The lowest BCUT2D eigenvalue weighted by molar-refractivity contribution is -0.132. The molecular weight excluding hydrogens is 323 g/mol. The first-order valence-corrected chi connectivity index (χ1v) is 8.24. The van der Waals surface area contributed by atoms with Crippen molar-refractivity contribution in [2.24, 2.45) is 0 Å². The van der Waals surface area contributed by atoms with Gasteiger partial charge >= 0.3 is 0 Å². The van der Waals surface area contributed by atoms with E-state index in [0.29, 0.717) is 13.0 Å². The first-order chi connectivity index (χ1) is 12.0. The quantitative estimate of drug-likeness (QED) is 0.811. The summed E-state index contributed by atoms with van der Waals surface area (Å²) in [6, 6.07) is 9.94. The molecular formula is C18H21FN4O2. The summed E-state index contributed by atoms with van der Waals surface area (Å²) in [6.45, 7) is 0.947. The number of β-amino-alcohol motifs (C(OH)–C–C–N with tert-alkyl or cyclic N) is 1. The number of carbonyl (C=O) groups excluding carboxylic acids is 1. The Balaban J connectivity index is 2.08. The van der Waals surface area contributed by atoms with Gasteiger partial charge in [0.15, 0.2) is 0 Å². The van der Waals surface area contributed by atoms with E-state index < -0.39 is 6.10 Å². The van der Waals surface area contributed by atoms with Crippen LogP contribution in [0.25, 0.3) is 0 Å². The topological polar surface area (TPSA) is 91.4 Å². The van der Waals surface area contributed by atoms with Gasteiger partial charge in [-0.2, -0.15) is 10.5 Å². The Kier molecular flexibility index (Phi) is 6.88. The molecule has 0 aliphatic carbocycles. The number of halogens is 1. The first-order valence-electron chi connectivity index (χ1n) is 8.24. The fraction of sp³-hybridized carbons (Fsp3) is 0.500. The zero-order valence-electron chi connectivity index (χ0n) is 13.9. The van der Waals surface area contributed by atoms with E-state index >= 15 is 0 Å². The van der Waals surface area contributed by atoms with Gasteiger partial charge in [-0.1, -0.05) is 12.1 Å². The number of benzene rings is 1. The monoisotopic (exact) mass is 344 g/mol. The summed E-state index contributed by atoms with van der Waals surface area (Å²) in [5.41, 5.74) is 0.727. The molecule has 6 nitrogen and oxygen atoms in total. The van der Waals surface area contributed by atoms with E-state index in [9.17, 15) is 14.3 Å². The van der Waals surface area contributed by atoms with Crippen molar-refractivity contribution < 1.29 is 14.3 Å². The Labute approximate surface area is 146 Å². The van der Waals surface area contributed by atoms with Gasteiger partial charge in [-0.15, -0.1) is 0 Å². The lowest BCUT2D eigenvalue weighted by atomic mass is 10.0. The maximum Gasteiger partial charge on any atom is 0.236 e. The number of nitrogens with zero attached hydrogens (tertiary/aromatic N) is 4. The van der Waals surface area contributed by atoms with E-state index in [4.69, 9.17) is 10.5 Å². The van der Waals surface area contributed by atoms with Crippen LogP contribution in [-0.4, -0.2) is 53.1 Å². The number of nitriles is 2. The van der Waals surface area contributed by atoms with Crippen molar-refractivity contribution >= 4 is 5.91 Å². The molecule has 1 amide bonds. The molecule has 2 rings (SSSR count). The first kappa shape index (κ1) is 18.9. The normalized spacial score (nSPS) is 20.0. The molecule has 0 radical (unpaired) electrons. The van der Waals surface area contributed by atoms with Gasteiger partial charge in [0.05, 0.1) is 37.6 Å². The number of aliphatic hydroxyl groups excluding tert-OH is 1. The molecule has 2 unspecified atom stereocenters. The van der Waals surface area contributed by atoms with Crippen LogP contribution >= 0.6 is 0 Å². The average Bonchev–Trinajstić information content (AvgIpc) is 2.95. The summed E-state index contributed by atoms with van der Waals surface area (Å²) in [5, 5.41) is 27.4. The molecule has 2 atom stereocenters. The van der Waals surface area contributed by atoms with Gasteiger partial charge < -0.3 is 10.0 Å². The number of hydrogen-bond acceptors (Lipinski definition) is 5. The third-order valence-corrected chi connectivity index (χ3v) is 4.29. The van der Waals surface area contributed by atoms with Crippen molar-refractivity contribution in [3.05, 3.63) is 35.6 Å². The van der Waals surface area contributed by atoms with Crippen LogP contribution in [0.2, 0.25) is 0 Å². The summed E-state index contributed by atoms with van der Waals surface area (Å²) < 4.78 is 13.5. The molecule has 1 fully saturated rings. The van der Waals surface area contributed by atoms with Gasteiger partial charge in [-0.05, 0) is 24.1 Å². The Morgan fingerprint density at radius 3 is 2.60 bits per heavy atom. The number of hydrogen-bond donors (Lipinski definition) is 1. The van der Waals surface area contributed by atoms with Gasteiger partial charge in [0, 0.05) is 25.7 Å². The predicted molar refractivity (Wildman–Crippen MR) is 88.4 cm³/mol. The predicted octanol–water partition coefficient (Wildman–Crippen LogP) is 1.59. The summed E-state index contributed by atoms with van der Waals surface area (Å²) in [5.74, 6) is -0.546. The van der Waals surface area contributed by atoms with E-state index in [1.54, 1.807) is 12.1 Å². The van der Waals surface area contributed by atoms with Crippen LogP contribution in [-0.2, 0) is 4.79 Å². The Morgan fingerprint density at radius 2 is 2.00 bits per heavy atom. The Bertz CT molecular complexity index is 664. The highest BCUT2D eigenvalue weighted by Gasteiger charge is 2.34. The van der Waals surface area contributed by atoms with Gasteiger partial charge in [-0.25, -0.2) is 4.39 Å². The summed E-state index contributed by atoms with van der Waals surface area (Å²) in [7, 11) is 0. The summed E-state index contributed by atoms with van der Waals surface area (Å²) in [6.07, 6.45) is 0.264. The molecule has 1 aliphatic heterocycles. The van der Waals surface area contributed by atoms with Crippen LogP contribution in [0.4, 0.5) is 4.39 Å². The molecule has 1 saturated heterocycles. The molecule has 25 heavy (non-hydrogen) atoms. The van der Waals surface area contributed by atoms with Gasteiger partial charge in [0.2, 0.25) is 5.91 Å². The maximum atomic E-state index is 13.5. The molecule has 0 saturated carbocycles. The van der Waals surface area contributed by atoms with E-state index in [-0.39, 0.29) is 50.2 Å². The van der Waals surface area contributed by atoms with Crippen LogP contribution < -0.4 is 0 Å². The molecule has 1 heterocycles. The standard InChI is InChI=1S/C18H21FN4O2/c19-15-5-1-4-14(10-15)17-11-16(24)12-23(17)13-18(25)22(8-2-6-20)9-3-7-21/h1,4-5,10,16-17,24H,2-3,8-9,11-13H2. The lowest BCUT2D eigenvalue weighted by Gasteiger charge is -2.28. The minimum atomic E-state index is -0.576. The highest BCUT2D eigenvalue weighted by atomic mass is 19.1. The van der Waals surface area contributed by atoms with E-state index in [0.717, 1.165) is 5.56 Å². The third-order valence-electron chi connectivity index (χ3n) is 4.29. The number of carbonyl (C=O) groups is 1. The largest absolute Gasteiger partial charge is 0.392 e. The lowest BCUT2D eigenvalue weighted by Crippen LogP contribution is -2.41. The van der Waals surface area contributed by atoms with Crippen molar-refractivity contribution in [3.63, 3.8) is 0 Å². The molecule has 132 valence electrons. The van der Waals surface area contributed by atoms with E-state index in [1.165, 1.54) is 17.0 Å². The smallest absolute Gasteiger partial charge is 0.236 e. The Hall–Kier alpha value is -2.48. The van der Waals surface area contributed by atoms with Crippen molar-refractivity contribution in [1.82, 2.24) is 9.80 Å². The number of likely N-dealkylation sites (tertiary alicyclic amines) is 1. The van der Waals surface area contributed by atoms with Crippen molar-refractivity contribution in [2.45, 2.75) is 31.4 Å². The molecule has 0 spiro atoms. The zero-order chi connectivity index (χ0) is 18.2. The summed E-state index contributed by atoms with van der Waals surface area (Å²) >= 11 is 0. The third kappa shape index (κ3) is 5.25. The highest BCUT2D eigenvalue weighted by molar-refractivity contribution is 5.78. The van der Waals surface area contributed by atoms with Crippen molar-refractivity contribution in [2.75, 3.05) is 26.2 Å². The Morgan fingerprint density at radius 1 is 1.32 bits per heavy atom. The minimum Gasteiger partial charge on any atom is -0.392 e. The minimum absolute atomic E-state index is 0.0646. The average molecular weight is 344 g/mol. The van der Waals surface area contributed by atoms with Crippen LogP contribution in [0.5, 0.6) is 0 Å². The molecule has 0 aromatic heterocycles. The van der Waals surface area contributed by atoms with Gasteiger partial charge in [0.25, 0.3) is 0 Å². The molecule has 1 aliphatic rings. The van der Waals surface area contributed by atoms with Crippen LogP contribution in [0.1, 0.15) is 30.9 Å². The van der Waals surface area contributed by atoms with E-state index in [2.05, 4.69) is 0 Å². The maximum absolute atomic E-state index is 13.5. The highest BCUT2D eigenvalue weighted by Crippen LogP contribution is 2.32. The SMILES string of the molecule is N#CCCN(CCC#N)C(=O)CN1CC(O)CC1c1cccc(F)c1. The number of rotatable bonds is 7. The summed E-state index contributed by atoms with van der Waals surface area (Å²) in [4.78, 5) is 15.9. The number of amides is 1. The second kappa shape index (κ2) is 9.12. The fourth-order valence-electron chi connectivity index (χ4n) is 3.12. The molecule has 1 aromatic rings. The van der Waals surface area contributed by atoms with Gasteiger partial charge in [-0.3, -0.25) is 9.69 Å². The fourth-order valence-corrected chi connectivity index (χ4v) is 3.12. The molecule has 1 N–H and O–H groups in total. The molecule has 0 bridgehead atoms. The van der Waals surface area contributed by atoms with Crippen LogP contribution in [0.15, 0.2) is 24.3 Å². The van der Waals surface area contributed by atoms with Crippen LogP contribution in [0, 0.1) is 28.5 Å². The second-order valence-electron chi connectivity index (χ2n) is 6.09. The number of aliphatic hydroxyl groups is 1. The molecule has 7 heteroatoms. The van der Waals surface area contributed by atoms with Crippen molar-refractivity contribution in [1.29, 1.82) is 10.5 Å². The van der Waals surface area contributed by atoms with E-state index in [1.807, 2.05) is 17.0 Å². The van der Waals surface area contributed by atoms with Crippen LogP contribution in [0.3, 0.4) is 0 Å². The molecule has 1 aromatic carbocycles.